The Morgan fingerprint density at radius 2 is 2.12 bits per heavy atom. The number of carbonyl (C=O) groups is 1. The lowest BCUT2D eigenvalue weighted by molar-refractivity contribution is -0.143. The Morgan fingerprint density at radius 3 is 2.88 bits per heavy atom. The molecule has 0 radical (unpaired) electrons. The molecule has 2 aromatic rings. The van der Waals surface area contributed by atoms with Crippen molar-refractivity contribution in [2.24, 2.45) is 4.99 Å². The van der Waals surface area contributed by atoms with Crippen LogP contribution >= 0.6 is 0 Å². The minimum absolute atomic E-state index is 0.178. The van der Waals surface area contributed by atoms with E-state index in [1.54, 1.807) is 20.0 Å². The second-order valence-electron chi connectivity index (χ2n) is 5.59. The van der Waals surface area contributed by atoms with Crippen LogP contribution in [0.3, 0.4) is 0 Å². The number of H-pyrrole nitrogens is 1. The van der Waals surface area contributed by atoms with Gasteiger partial charge in [0.05, 0.1) is 6.61 Å². The minimum atomic E-state index is -0.244. The van der Waals surface area contributed by atoms with Crippen LogP contribution in [-0.2, 0) is 16.0 Å². The van der Waals surface area contributed by atoms with E-state index in [0.717, 1.165) is 22.9 Å². The second-order valence-corrected chi connectivity index (χ2v) is 5.59. The van der Waals surface area contributed by atoms with Gasteiger partial charge in [-0.3, -0.25) is 9.79 Å². The van der Waals surface area contributed by atoms with Gasteiger partial charge >= 0.3 is 5.97 Å². The minimum Gasteiger partial charge on any atom is -0.466 e. The smallest absolute Gasteiger partial charge is 0.305 e. The van der Waals surface area contributed by atoms with E-state index in [4.69, 9.17) is 4.74 Å². The number of hydrogen-bond donors (Lipinski definition) is 3. The van der Waals surface area contributed by atoms with Gasteiger partial charge in [-0.2, -0.15) is 0 Å². The molecule has 0 saturated carbocycles. The van der Waals surface area contributed by atoms with Crippen LogP contribution in [0.15, 0.2) is 29.4 Å². The number of nitrogens with zero attached hydrogens (tertiary/aromatic N) is 1. The molecule has 1 heterocycles. The lowest BCUT2D eigenvalue weighted by Crippen LogP contribution is -2.38. The summed E-state index contributed by atoms with van der Waals surface area (Å²) < 4.78 is 18.1. The van der Waals surface area contributed by atoms with Crippen molar-refractivity contribution in [3.05, 3.63) is 35.8 Å². The first-order valence-corrected chi connectivity index (χ1v) is 8.49. The van der Waals surface area contributed by atoms with Gasteiger partial charge in [0.25, 0.3) is 0 Å². The van der Waals surface area contributed by atoms with Gasteiger partial charge in [0.1, 0.15) is 5.82 Å². The summed E-state index contributed by atoms with van der Waals surface area (Å²) in [7, 11) is 1.70. The number of esters is 1. The zero-order chi connectivity index (χ0) is 18.1. The van der Waals surface area contributed by atoms with Gasteiger partial charge in [0.2, 0.25) is 0 Å². The van der Waals surface area contributed by atoms with Crippen molar-refractivity contribution in [2.75, 3.05) is 26.7 Å². The standard InChI is InChI=1S/C18H25FN4O2/c1-3-25-17(24)5-4-9-21-18(20-2)22-10-8-13-12-23-16-11-14(19)6-7-15(13)16/h6-7,11-12,23H,3-5,8-10H2,1-2H3,(H2,20,21,22). The largest absolute Gasteiger partial charge is 0.466 e. The van der Waals surface area contributed by atoms with Crippen LogP contribution in [-0.4, -0.2) is 43.7 Å². The molecule has 6 nitrogen and oxygen atoms in total. The lowest BCUT2D eigenvalue weighted by atomic mass is 10.1. The van der Waals surface area contributed by atoms with Gasteiger partial charge in [0, 0.05) is 43.7 Å². The Hall–Kier alpha value is -2.57. The van der Waals surface area contributed by atoms with E-state index in [9.17, 15) is 9.18 Å². The Labute approximate surface area is 146 Å². The number of aromatic amines is 1. The SMILES string of the molecule is CCOC(=O)CCCNC(=NC)NCCc1c[nH]c2cc(F)ccc12. The summed E-state index contributed by atoms with van der Waals surface area (Å²) in [4.78, 5) is 18.5. The molecular weight excluding hydrogens is 323 g/mol. The molecule has 0 atom stereocenters. The van der Waals surface area contributed by atoms with E-state index in [1.165, 1.54) is 12.1 Å². The van der Waals surface area contributed by atoms with Gasteiger partial charge in [-0.15, -0.1) is 0 Å². The molecule has 2 rings (SSSR count). The number of ether oxygens (including phenoxy) is 1. The highest BCUT2D eigenvalue weighted by atomic mass is 19.1. The van der Waals surface area contributed by atoms with E-state index in [2.05, 4.69) is 20.6 Å². The average Bonchev–Trinajstić information content (AvgIpc) is 2.99. The topological polar surface area (TPSA) is 78.5 Å². The first-order chi connectivity index (χ1) is 12.1. The lowest BCUT2D eigenvalue weighted by Gasteiger charge is -2.11. The van der Waals surface area contributed by atoms with Gasteiger partial charge in [-0.25, -0.2) is 4.39 Å². The van der Waals surface area contributed by atoms with E-state index in [1.807, 2.05) is 6.20 Å². The summed E-state index contributed by atoms with van der Waals surface area (Å²) in [6.45, 7) is 3.55. The molecule has 0 amide bonds. The Kier molecular flexibility index (Phi) is 7.25. The molecule has 0 spiro atoms. The van der Waals surface area contributed by atoms with E-state index in [-0.39, 0.29) is 11.8 Å². The van der Waals surface area contributed by atoms with E-state index >= 15 is 0 Å². The fourth-order valence-electron chi connectivity index (χ4n) is 2.57. The van der Waals surface area contributed by atoms with Crippen molar-refractivity contribution in [3.63, 3.8) is 0 Å². The van der Waals surface area contributed by atoms with Gasteiger partial charge in [-0.1, -0.05) is 0 Å². The molecule has 0 aliphatic carbocycles. The first-order valence-electron chi connectivity index (χ1n) is 8.49. The molecule has 136 valence electrons. The zero-order valence-corrected chi connectivity index (χ0v) is 14.7. The number of hydrogen-bond acceptors (Lipinski definition) is 3. The number of benzene rings is 1. The third kappa shape index (κ3) is 5.77. The molecule has 0 fully saturated rings. The predicted octanol–water partition coefficient (Wildman–Crippen LogP) is 2.36. The van der Waals surface area contributed by atoms with Crippen LogP contribution in [0.2, 0.25) is 0 Å². The number of fused-ring (bicyclic) bond motifs is 1. The summed E-state index contributed by atoms with van der Waals surface area (Å²) in [5, 5.41) is 7.43. The highest BCUT2D eigenvalue weighted by Crippen LogP contribution is 2.19. The van der Waals surface area contributed by atoms with Gasteiger partial charge in [-0.05, 0) is 43.5 Å². The third-order valence-electron chi connectivity index (χ3n) is 3.80. The molecule has 1 aromatic carbocycles. The van der Waals surface area contributed by atoms with E-state index in [0.29, 0.717) is 38.5 Å². The molecular formula is C18H25FN4O2. The van der Waals surface area contributed by atoms with Crippen molar-refractivity contribution in [1.82, 2.24) is 15.6 Å². The van der Waals surface area contributed by atoms with Crippen molar-refractivity contribution < 1.29 is 13.9 Å². The number of rotatable bonds is 8. The summed E-state index contributed by atoms with van der Waals surface area (Å²) in [5.41, 5.74) is 1.93. The number of aromatic nitrogens is 1. The summed E-state index contributed by atoms with van der Waals surface area (Å²) in [5.74, 6) is 0.268. The summed E-state index contributed by atoms with van der Waals surface area (Å²) in [6.07, 6.45) is 3.77. The maximum Gasteiger partial charge on any atom is 0.305 e. The second kappa shape index (κ2) is 9.66. The fourth-order valence-corrected chi connectivity index (χ4v) is 2.57. The molecule has 25 heavy (non-hydrogen) atoms. The normalized spacial score (nSPS) is 11.6. The number of carbonyl (C=O) groups excluding carboxylic acids is 1. The summed E-state index contributed by atoms with van der Waals surface area (Å²) in [6, 6.07) is 4.76. The van der Waals surface area contributed by atoms with Crippen molar-refractivity contribution in [1.29, 1.82) is 0 Å². The maximum absolute atomic E-state index is 13.2. The molecule has 3 N–H and O–H groups in total. The number of aliphatic imine (C=N–C) groups is 1. The van der Waals surface area contributed by atoms with Gasteiger partial charge in [0.15, 0.2) is 5.96 Å². The fraction of sp³-hybridized carbons (Fsp3) is 0.444. The van der Waals surface area contributed by atoms with Crippen LogP contribution < -0.4 is 10.6 Å². The molecule has 0 aliphatic rings. The maximum atomic E-state index is 13.2. The molecule has 0 saturated heterocycles. The molecule has 0 bridgehead atoms. The quantitative estimate of drug-likeness (QED) is 0.296. The summed E-state index contributed by atoms with van der Waals surface area (Å²) >= 11 is 0. The van der Waals surface area contributed by atoms with Crippen LogP contribution in [0.5, 0.6) is 0 Å². The van der Waals surface area contributed by atoms with E-state index < -0.39 is 0 Å². The highest BCUT2D eigenvalue weighted by molar-refractivity contribution is 5.83. The Morgan fingerprint density at radius 1 is 1.32 bits per heavy atom. The third-order valence-corrected chi connectivity index (χ3v) is 3.80. The Balaban J connectivity index is 1.72. The highest BCUT2D eigenvalue weighted by Gasteiger charge is 2.06. The number of nitrogens with one attached hydrogen (secondary N) is 3. The first kappa shape index (κ1) is 18.8. The van der Waals surface area contributed by atoms with Crippen LogP contribution in [0.25, 0.3) is 10.9 Å². The van der Waals surface area contributed by atoms with Crippen molar-refractivity contribution in [3.8, 4) is 0 Å². The van der Waals surface area contributed by atoms with Crippen LogP contribution in [0.1, 0.15) is 25.3 Å². The zero-order valence-electron chi connectivity index (χ0n) is 14.7. The monoisotopic (exact) mass is 348 g/mol. The van der Waals surface area contributed by atoms with Crippen LogP contribution in [0, 0.1) is 5.82 Å². The van der Waals surface area contributed by atoms with Crippen molar-refractivity contribution >= 4 is 22.8 Å². The van der Waals surface area contributed by atoms with Gasteiger partial charge < -0.3 is 20.4 Å². The molecule has 0 unspecified atom stereocenters. The van der Waals surface area contributed by atoms with Crippen molar-refractivity contribution in [2.45, 2.75) is 26.2 Å². The molecule has 7 heteroatoms. The predicted molar refractivity (Wildman–Crippen MR) is 97.2 cm³/mol. The molecule has 0 aliphatic heterocycles. The average molecular weight is 348 g/mol. The van der Waals surface area contributed by atoms with Crippen LogP contribution in [0.4, 0.5) is 4.39 Å². The number of halogens is 1. The Bertz CT molecular complexity index is 727. The molecule has 1 aromatic heterocycles. The number of guanidine groups is 1.